The fraction of sp³-hybridized carbons (Fsp3) is 0. The van der Waals surface area contributed by atoms with E-state index in [1.165, 1.54) is 0 Å². The third-order valence-electron chi connectivity index (χ3n) is 2.11. The quantitative estimate of drug-likeness (QED) is 0.348. The van der Waals surface area contributed by atoms with E-state index in [-0.39, 0.29) is 0 Å². The van der Waals surface area contributed by atoms with E-state index < -0.39 is 8.25 Å². The number of nitrogens with two attached hydrogens (primary N) is 1. The maximum Gasteiger partial charge on any atom is 0.485 e. The average molecular weight is 292 g/mol. The van der Waals surface area contributed by atoms with Crippen LogP contribution in [0.3, 0.4) is 0 Å². The highest BCUT2D eigenvalue weighted by Crippen LogP contribution is 2.03. The Labute approximate surface area is 117 Å². The second kappa shape index (κ2) is 8.77. The smallest absolute Gasteiger partial charge is 0.485 e. The molecule has 0 spiro atoms. The Bertz CT molecular complexity index is 558. The van der Waals surface area contributed by atoms with Crippen LogP contribution in [0.5, 0.6) is 0 Å². The van der Waals surface area contributed by atoms with Crippen LogP contribution in [0.2, 0.25) is 0 Å². The zero-order valence-electron chi connectivity index (χ0n) is 10.6. The Morgan fingerprint density at radius 3 is 2.05 bits per heavy atom. The average Bonchev–Trinajstić information content (AvgIpc) is 2.40. The maximum atomic E-state index is 8.59. The van der Waals surface area contributed by atoms with Gasteiger partial charge in [-0.2, -0.15) is 4.89 Å². The molecule has 20 heavy (non-hydrogen) atoms. The Morgan fingerprint density at radius 2 is 1.55 bits per heavy atom. The van der Waals surface area contributed by atoms with Crippen LogP contribution in [-0.4, -0.2) is 10.9 Å². The molecule has 1 atom stereocenters. The molecule has 5 N–H and O–H groups in total. The molecule has 0 amide bonds. The summed E-state index contributed by atoms with van der Waals surface area (Å²) >= 11 is 0. The number of benzene rings is 2. The van der Waals surface area contributed by atoms with E-state index in [0.717, 1.165) is 11.4 Å². The van der Waals surface area contributed by atoms with Gasteiger partial charge < -0.3 is 4.89 Å². The number of hydrogen-bond acceptors (Lipinski definition) is 2. The van der Waals surface area contributed by atoms with E-state index in [4.69, 9.17) is 20.1 Å². The Kier molecular flexibility index (Phi) is 6.92. The van der Waals surface area contributed by atoms with Gasteiger partial charge in [0.15, 0.2) is 0 Å². The number of nitrogens with one attached hydrogen (secondary N) is 2. The predicted octanol–water partition coefficient (Wildman–Crippen LogP) is -0.178. The third kappa shape index (κ3) is 7.23. The Hall–Kier alpha value is -2.27. The van der Waals surface area contributed by atoms with E-state index in [9.17, 15) is 0 Å². The van der Waals surface area contributed by atoms with Gasteiger partial charge in [-0.05, 0) is 28.8 Å². The molecule has 2 rings (SSSR count). The Balaban J connectivity index is 0.000000444. The van der Waals surface area contributed by atoms with Crippen LogP contribution in [-0.2, 0) is 4.57 Å². The van der Waals surface area contributed by atoms with Crippen molar-refractivity contribution in [2.75, 3.05) is 5.32 Å². The predicted molar refractivity (Wildman–Crippen MR) is 76.1 cm³/mol. The topological polar surface area (TPSA) is 112 Å². The van der Waals surface area contributed by atoms with Crippen molar-refractivity contribution in [3.8, 4) is 0 Å². The van der Waals surface area contributed by atoms with Crippen LogP contribution < -0.4 is 20.9 Å². The van der Waals surface area contributed by atoms with Gasteiger partial charge in [-0.3, -0.25) is 5.73 Å². The molecule has 0 aliphatic rings. The molecule has 0 saturated heterocycles. The van der Waals surface area contributed by atoms with Gasteiger partial charge in [0.05, 0.1) is 11.4 Å². The van der Waals surface area contributed by atoms with Gasteiger partial charge in [-0.15, -0.1) is 0 Å². The second-order valence-corrected chi connectivity index (χ2v) is 4.11. The first kappa shape index (κ1) is 15.8. The van der Waals surface area contributed by atoms with Crippen molar-refractivity contribution >= 4 is 25.6 Å². The number of anilines is 1. The second-order valence-electron chi connectivity index (χ2n) is 3.63. The molecule has 0 heterocycles. The van der Waals surface area contributed by atoms with Crippen molar-refractivity contribution in [3.63, 3.8) is 0 Å². The normalized spacial score (nSPS) is 11.1. The molecule has 0 aliphatic heterocycles. The van der Waals surface area contributed by atoms with Gasteiger partial charge in [0.25, 0.3) is 0 Å². The minimum atomic E-state index is -3.12. The summed E-state index contributed by atoms with van der Waals surface area (Å²) in [5.74, 6) is 0.511. The van der Waals surface area contributed by atoms with Gasteiger partial charge >= 0.3 is 14.2 Å². The highest BCUT2D eigenvalue weighted by Gasteiger charge is 2.00. The van der Waals surface area contributed by atoms with Gasteiger partial charge in [0.1, 0.15) is 0 Å². The fourth-order valence-electron chi connectivity index (χ4n) is 1.39. The van der Waals surface area contributed by atoms with Crippen LogP contribution in [0, 0.1) is 0 Å². The summed E-state index contributed by atoms with van der Waals surface area (Å²) in [6.45, 7) is 0. The third-order valence-corrected chi connectivity index (χ3v) is 2.11. The van der Waals surface area contributed by atoms with Crippen molar-refractivity contribution < 1.29 is 19.3 Å². The minimum Gasteiger partial charge on any atom is -0.567 e. The van der Waals surface area contributed by atoms with E-state index >= 15 is 0 Å². The lowest BCUT2D eigenvalue weighted by Crippen LogP contribution is -2.71. The first-order valence-corrected chi connectivity index (χ1v) is 6.81. The molecule has 6 nitrogen and oxygen atoms in total. The number of hydrogen-bond donors (Lipinski definition) is 4. The molecule has 104 valence electrons. The molecule has 0 aromatic heterocycles. The lowest BCUT2D eigenvalue weighted by Gasteiger charge is -1.98. The minimum absolute atomic E-state index is 0.511. The molecule has 2 aromatic rings. The molecule has 0 bridgehead atoms. The molecular formula is C13H15N3O3P+. The van der Waals surface area contributed by atoms with Crippen LogP contribution in [0.15, 0.2) is 60.7 Å². The molecule has 1 unspecified atom stereocenters. The van der Waals surface area contributed by atoms with Crippen LogP contribution >= 0.6 is 8.25 Å². The van der Waals surface area contributed by atoms with Crippen LogP contribution in [0.4, 0.5) is 11.4 Å². The summed E-state index contributed by atoms with van der Waals surface area (Å²) in [5.41, 5.74) is 7.76. The Morgan fingerprint density at radius 1 is 1.10 bits per heavy atom. The molecule has 2 aromatic carbocycles. The summed E-state index contributed by atoms with van der Waals surface area (Å²) in [6.07, 6.45) is 0. The summed E-state index contributed by atoms with van der Waals surface area (Å²) < 4.78 is 8.59. The number of para-hydroxylation sites is 2. The summed E-state index contributed by atoms with van der Waals surface area (Å²) in [7, 11) is -3.12. The van der Waals surface area contributed by atoms with Crippen molar-refractivity contribution in [2.24, 2.45) is 5.73 Å². The zero-order chi connectivity index (χ0) is 14.8. The molecular weight excluding hydrogens is 277 g/mol. The highest BCUT2D eigenvalue weighted by atomic mass is 31.1. The zero-order valence-corrected chi connectivity index (χ0v) is 11.5. The van der Waals surface area contributed by atoms with Crippen LogP contribution in [0.25, 0.3) is 0 Å². The molecule has 0 radical (unpaired) electrons. The summed E-state index contributed by atoms with van der Waals surface area (Å²) in [4.78, 5) is 18.7. The standard InChI is InChI=1S/C13H13N3.HO3P/c14-13(15-11-7-3-1-4-8-11)16-12-9-5-2-6-10-12;1-4(2)3/h1-10H,(H3,14,15,16);(H,1,2,3)/p+1. The SMILES string of the molecule is NC(Nc1ccccc1)=[NH+]c1ccccc1.O=[P+]([O-])O. The molecule has 7 heteroatoms. The van der Waals surface area contributed by atoms with Crippen molar-refractivity contribution in [1.29, 1.82) is 0 Å². The fourth-order valence-corrected chi connectivity index (χ4v) is 1.39. The summed E-state index contributed by atoms with van der Waals surface area (Å²) in [5, 5.41) is 3.07. The van der Waals surface area contributed by atoms with Crippen molar-refractivity contribution in [2.45, 2.75) is 0 Å². The van der Waals surface area contributed by atoms with Gasteiger partial charge in [0.2, 0.25) is 0 Å². The van der Waals surface area contributed by atoms with E-state index in [0.29, 0.717) is 5.96 Å². The first-order valence-electron chi connectivity index (χ1n) is 5.68. The van der Waals surface area contributed by atoms with E-state index in [1.807, 2.05) is 60.7 Å². The van der Waals surface area contributed by atoms with Gasteiger partial charge in [-0.25, -0.2) is 10.3 Å². The maximum absolute atomic E-state index is 8.59. The monoisotopic (exact) mass is 292 g/mol. The van der Waals surface area contributed by atoms with E-state index in [1.54, 1.807) is 0 Å². The molecule has 0 saturated carbocycles. The highest BCUT2D eigenvalue weighted by molar-refractivity contribution is 7.29. The summed E-state index contributed by atoms with van der Waals surface area (Å²) in [6, 6.07) is 19.6. The van der Waals surface area contributed by atoms with Gasteiger partial charge in [0, 0.05) is 0 Å². The molecule has 0 aliphatic carbocycles. The first-order chi connectivity index (χ1) is 9.58. The lowest BCUT2D eigenvalue weighted by atomic mass is 10.3. The largest absolute Gasteiger partial charge is 0.567 e. The lowest BCUT2D eigenvalue weighted by molar-refractivity contribution is -0.354. The van der Waals surface area contributed by atoms with Gasteiger partial charge in [-0.1, -0.05) is 36.4 Å². The molecule has 0 fully saturated rings. The van der Waals surface area contributed by atoms with Crippen molar-refractivity contribution in [1.82, 2.24) is 0 Å². The number of guanidine groups is 1. The number of rotatable bonds is 2. The van der Waals surface area contributed by atoms with E-state index in [2.05, 4.69) is 10.3 Å². The van der Waals surface area contributed by atoms with Crippen LogP contribution in [0.1, 0.15) is 0 Å². The van der Waals surface area contributed by atoms with Crippen molar-refractivity contribution in [3.05, 3.63) is 60.7 Å².